The third-order valence-electron chi connectivity index (χ3n) is 2.76. The molecular formula is C16H25BrN2O3. The molecule has 0 spiro atoms. The summed E-state index contributed by atoms with van der Waals surface area (Å²) in [5.41, 5.74) is 1.54. The van der Waals surface area contributed by atoms with Gasteiger partial charge in [0.1, 0.15) is 5.60 Å². The number of benzene rings is 1. The number of alkyl carbamates (subject to hydrolysis) is 1. The van der Waals surface area contributed by atoms with E-state index in [4.69, 9.17) is 9.47 Å². The Labute approximate surface area is 140 Å². The SMILES string of the molecule is COCc1c(Br)cccc1NC(C)CNC(=O)OC(C)(C)C. The standard InChI is InChI=1S/C16H25BrN2O3/c1-11(9-18-15(20)22-16(2,3)4)19-14-8-6-7-13(17)12(14)10-21-5/h6-8,11,19H,9-10H2,1-5H3,(H,18,20). The van der Waals surface area contributed by atoms with E-state index in [1.54, 1.807) is 7.11 Å². The minimum absolute atomic E-state index is 0.0532. The number of rotatable bonds is 6. The van der Waals surface area contributed by atoms with Crippen molar-refractivity contribution in [3.63, 3.8) is 0 Å². The topological polar surface area (TPSA) is 59.6 Å². The molecule has 22 heavy (non-hydrogen) atoms. The molecule has 5 nitrogen and oxygen atoms in total. The fourth-order valence-corrected chi connectivity index (χ4v) is 2.33. The van der Waals surface area contributed by atoms with Crippen LogP contribution in [0.15, 0.2) is 22.7 Å². The Morgan fingerprint density at radius 3 is 2.64 bits per heavy atom. The van der Waals surface area contributed by atoms with Crippen LogP contribution in [-0.2, 0) is 16.1 Å². The van der Waals surface area contributed by atoms with E-state index in [0.29, 0.717) is 13.2 Å². The van der Waals surface area contributed by atoms with Crippen LogP contribution in [0.1, 0.15) is 33.3 Å². The second kappa shape index (κ2) is 8.39. The number of amides is 1. The maximum absolute atomic E-state index is 11.7. The van der Waals surface area contributed by atoms with Crippen molar-refractivity contribution in [3.05, 3.63) is 28.2 Å². The van der Waals surface area contributed by atoms with E-state index < -0.39 is 11.7 Å². The highest BCUT2D eigenvalue weighted by molar-refractivity contribution is 9.10. The average Bonchev–Trinajstić information content (AvgIpc) is 2.38. The van der Waals surface area contributed by atoms with Crippen molar-refractivity contribution in [2.75, 3.05) is 19.0 Å². The first-order valence-corrected chi connectivity index (χ1v) is 8.02. The van der Waals surface area contributed by atoms with Crippen LogP contribution in [-0.4, -0.2) is 31.4 Å². The number of carbonyl (C=O) groups excluding carboxylic acids is 1. The highest BCUT2D eigenvalue weighted by Gasteiger charge is 2.16. The minimum Gasteiger partial charge on any atom is -0.444 e. The highest BCUT2D eigenvalue weighted by Crippen LogP contribution is 2.26. The third kappa shape index (κ3) is 6.66. The number of methoxy groups -OCH3 is 1. The van der Waals surface area contributed by atoms with Crippen molar-refractivity contribution >= 4 is 27.7 Å². The summed E-state index contributed by atoms with van der Waals surface area (Å²) in [6.45, 7) is 8.49. The molecule has 1 atom stereocenters. The summed E-state index contributed by atoms with van der Waals surface area (Å²) in [6.07, 6.45) is -0.410. The van der Waals surface area contributed by atoms with Crippen molar-refractivity contribution in [3.8, 4) is 0 Å². The summed E-state index contributed by atoms with van der Waals surface area (Å²) in [5, 5.41) is 6.13. The second-order valence-electron chi connectivity index (χ2n) is 6.13. The van der Waals surface area contributed by atoms with Crippen molar-refractivity contribution in [1.29, 1.82) is 0 Å². The van der Waals surface area contributed by atoms with Gasteiger partial charge < -0.3 is 20.1 Å². The van der Waals surface area contributed by atoms with Gasteiger partial charge in [0.2, 0.25) is 0 Å². The summed E-state index contributed by atoms with van der Waals surface area (Å²) < 4.78 is 11.4. The molecule has 0 aromatic heterocycles. The lowest BCUT2D eigenvalue weighted by Gasteiger charge is -2.22. The van der Waals surface area contributed by atoms with E-state index in [9.17, 15) is 4.79 Å². The van der Waals surface area contributed by atoms with Crippen molar-refractivity contribution in [1.82, 2.24) is 5.32 Å². The molecule has 0 aliphatic carbocycles. The smallest absolute Gasteiger partial charge is 0.407 e. The average molecular weight is 373 g/mol. The summed E-state index contributed by atoms with van der Waals surface area (Å²) >= 11 is 3.52. The zero-order valence-electron chi connectivity index (χ0n) is 13.8. The zero-order chi connectivity index (χ0) is 16.8. The van der Waals surface area contributed by atoms with Gasteiger partial charge in [0.05, 0.1) is 6.61 Å². The van der Waals surface area contributed by atoms with E-state index in [-0.39, 0.29) is 6.04 Å². The Morgan fingerprint density at radius 1 is 1.36 bits per heavy atom. The summed E-state index contributed by atoms with van der Waals surface area (Å²) in [5.74, 6) is 0. The Kier molecular flexibility index (Phi) is 7.16. The third-order valence-corrected chi connectivity index (χ3v) is 3.50. The molecule has 0 radical (unpaired) electrons. The van der Waals surface area contributed by atoms with Gasteiger partial charge in [-0.1, -0.05) is 22.0 Å². The van der Waals surface area contributed by atoms with E-state index in [0.717, 1.165) is 15.7 Å². The lowest BCUT2D eigenvalue weighted by molar-refractivity contribution is 0.0526. The second-order valence-corrected chi connectivity index (χ2v) is 6.98. The van der Waals surface area contributed by atoms with Crippen molar-refractivity contribution in [2.24, 2.45) is 0 Å². The molecule has 2 N–H and O–H groups in total. The predicted molar refractivity (Wildman–Crippen MR) is 92.2 cm³/mol. The fourth-order valence-electron chi connectivity index (χ4n) is 1.85. The van der Waals surface area contributed by atoms with Crippen LogP contribution in [0.3, 0.4) is 0 Å². The summed E-state index contributed by atoms with van der Waals surface area (Å²) in [6, 6.07) is 5.98. The predicted octanol–water partition coefficient (Wildman–Crippen LogP) is 3.92. The molecule has 0 fully saturated rings. The first kappa shape index (κ1) is 18.8. The van der Waals surface area contributed by atoms with Crippen LogP contribution in [0.4, 0.5) is 10.5 Å². The molecular weight excluding hydrogens is 348 g/mol. The monoisotopic (exact) mass is 372 g/mol. The molecule has 1 amide bonds. The Balaban J connectivity index is 2.57. The lowest BCUT2D eigenvalue weighted by Crippen LogP contribution is -2.38. The number of halogens is 1. The van der Waals surface area contributed by atoms with Crippen molar-refractivity contribution < 1.29 is 14.3 Å². The molecule has 1 rings (SSSR count). The molecule has 0 aliphatic heterocycles. The number of ether oxygens (including phenoxy) is 2. The van der Waals surface area contributed by atoms with Gasteiger partial charge >= 0.3 is 6.09 Å². The summed E-state index contributed by atoms with van der Waals surface area (Å²) in [4.78, 5) is 11.7. The van der Waals surface area contributed by atoms with Gasteiger partial charge in [0, 0.05) is 35.4 Å². The number of anilines is 1. The van der Waals surface area contributed by atoms with E-state index in [1.165, 1.54) is 0 Å². The number of nitrogens with one attached hydrogen (secondary N) is 2. The number of hydrogen-bond acceptors (Lipinski definition) is 4. The normalized spacial score (nSPS) is 12.6. The first-order chi connectivity index (χ1) is 10.2. The van der Waals surface area contributed by atoms with Crippen LogP contribution >= 0.6 is 15.9 Å². The van der Waals surface area contributed by atoms with Crippen LogP contribution < -0.4 is 10.6 Å². The van der Waals surface area contributed by atoms with Crippen LogP contribution in [0.25, 0.3) is 0 Å². The molecule has 0 aliphatic rings. The molecule has 1 aromatic carbocycles. The molecule has 124 valence electrons. The van der Waals surface area contributed by atoms with Crippen LogP contribution in [0.2, 0.25) is 0 Å². The largest absolute Gasteiger partial charge is 0.444 e. The zero-order valence-corrected chi connectivity index (χ0v) is 15.4. The van der Waals surface area contributed by atoms with Crippen molar-refractivity contribution in [2.45, 2.75) is 45.9 Å². The molecule has 1 aromatic rings. The summed E-state index contributed by atoms with van der Waals surface area (Å²) in [7, 11) is 1.66. The molecule has 1 unspecified atom stereocenters. The highest BCUT2D eigenvalue weighted by atomic mass is 79.9. The quantitative estimate of drug-likeness (QED) is 0.794. The molecule has 6 heteroatoms. The van der Waals surface area contributed by atoms with Gasteiger partial charge in [-0.3, -0.25) is 0 Å². The van der Waals surface area contributed by atoms with Gasteiger partial charge in [-0.15, -0.1) is 0 Å². The van der Waals surface area contributed by atoms with Gasteiger partial charge in [0.15, 0.2) is 0 Å². The Morgan fingerprint density at radius 2 is 2.05 bits per heavy atom. The maximum Gasteiger partial charge on any atom is 0.407 e. The Hall–Kier alpha value is -1.27. The van der Waals surface area contributed by atoms with E-state index in [1.807, 2.05) is 45.9 Å². The molecule has 0 bridgehead atoms. The van der Waals surface area contributed by atoms with Gasteiger partial charge in [0.25, 0.3) is 0 Å². The van der Waals surface area contributed by atoms with Crippen LogP contribution in [0.5, 0.6) is 0 Å². The number of carbonyl (C=O) groups is 1. The maximum atomic E-state index is 11.7. The molecule has 0 saturated carbocycles. The van der Waals surface area contributed by atoms with Gasteiger partial charge in [-0.2, -0.15) is 0 Å². The van der Waals surface area contributed by atoms with Crippen LogP contribution in [0, 0.1) is 0 Å². The van der Waals surface area contributed by atoms with E-state index >= 15 is 0 Å². The lowest BCUT2D eigenvalue weighted by atomic mass is 10.1. The minimum atomic E-state index is -0.489. The van der Waals surface area contributed by atoms with Gasteiger partial charge in [-0.05, 0) is 39.8 Å². The first-order valence-electron chi connectivity index (χ1n) is 7.22. The Bertz CT molecular complexity index is 501. The van der Waals surface area contributed by atoms with Gasteiger partial charge in [-0.25, -0.2) is 4.79 Å². The van der Waals surface area contributed by atoms with E-state index in [2.05, 4.69) is 26.6 Å². The molecule has 0 heterocycles. The number of hydrogen-bond donors (Lipinski definition) is 2. The fraction of sp³-hybridized carbons (Fsp3) is 0.562. The molecule has 0 saturated heterocycles.